The Balaban J connectivity index is 2.08. The molecular weight excluding hydrogens is 379 g/mol. The molecule has 24 heavy (non-hydrogen) atoms. The van der Waals surface area contributed by atoms with E-state index in [0.29, 0.717) is 22.6 Å². The lowest BCUT2D eigenvalue weighted by molar-refractivity contribution is -0.111. The van der Waals surface area contributed by atoms with Gasteiger partial charge in [-0.25, -0.2) is 9.37 Å². The fourth-order valence-electron chi connectivity index (χ4n) is 1.90. The maximum absolute atomic E-state index is 13.0. The number of ether oxygens (including phenoxy) is 2. The first kappa shape index (κ1) is 17.9. The zero-order valence-corrected chi connectivity index (χ0v) is 14.8. The minimum Gasteiger partial charge on any atom is -0.493 e. The highest BCUT2D eigenvalue weighted by atomic mass is 79.9. The van der Waals surface area contributed by atoms with Gasteiger partial charge in [0.2, 0.25) is 5.91 Å². The van der Waals surface area contributed by atoms with Crippen LogP contribution in [0.3, 0.4) is 0 Å². The van der Waals surface area contributed by atoms with Crippen LogP contribution in [0, 0.1) is 5.82 Å². The quantitative estimate of drug-likeness (QED) is 0.750. The largest absolute Gasteiger partial charge is 0.493 e. The summed E-state index contributed by atoms with van der Waals surface area (Å²) in [4.78, 5) is 15.7. The Bertz CT molecular complexity index is 765. The van der Waals surface area contributed by atoms with E-state index in [4.69, 9.17) is 9.47 Å². The number of rotatable bonds is 6. The minimum absolute atomic E-state index is 0.246. The van der Waals surface area contributed by atoms with Crippen molar-refractivity contribution in [1.82, 2.24) is 4.98 Å². The third-order valence-electron chi connectivity index (χ3n) is 2.96. The molecule has 1 heterocycles. The fourth-order valence-corrected chi connectivity index (χ4v) is 2.32. The maximum atomic E-state index is 13.0. The lowest BCUT2D eigenvalue weighted by Crippen LogP contribution is -2.09. The number of hydrogen-bond donors (Lipinski definition) is 1. The van der Waals surface area contributed by atoms with Crippen LogP contribution in [0.25, 0.3) is 6.08 Å². The van der Waals surface area contributed by atoms with Crippen LogP contribution in [0.15, 0.2) is 41.0 Å². The van der Waals surface area contributed by atoms with Crippen molar-refractivity contribution < 1.29 is 18.7 Å². The molecule has 2 aromatic rings. The second-order valence-corrected chi connectivity index (χ2v) is 5.50. The smallest absolute Gasteiger partial charge is 0.249 e. The standard InChI is InChI=1S/C17H16BrFN2O3/c1-3-24-14-6-4-11(8-15(14)23-2)5-7-16(22)21-17-13(18)9-12(19)10-20-17/h4-10H,3H2,1-2H3,(H,20,21,22)/b7-5+. The van der Waals surface area contributed by atoms with Crippen LogP contribution in [-0.4, -0.2) is 24.6 Å². The maximum Gasteiger partial charge on any atom is 0.249 e. The molecule has 0 saturated carbocycles. The summed E-state index contributed by atoms with van der Waals surface area (Å²) < 4.78 is 24.0. The molecule has 1 N–H and O–H groups in total. The van der Waals surface area contributed by atoms with E-state index >= 15 is 0 Å². The normalized spacial score (nSPS) is 10.7. The van der Waals surface area contributed by atoms with E-state index in [2.05, 4.69) is 26.2 Å². The predicted octanol–water partition coefficient (Wildman–Crippen LogP) is 4.04. The molecule has 1 aromatic heterocycles. The summed E-state index contributed by atoms with van der Waals surface area (Å²) in [6.45, 7) is 2.42. The van der Waals surface area contributed by atoms with Gasteiger partial charge in [-0.3, -0.25) is 4.79 Å². The van der Waals surface area contributed by atoms with E-state index in [1.807, 2.05) is 13.0 Å². The van der Waals surface area contributed by atoms with Gasteiger partial charge in [0.15, 0.2) is 11.5 Å². The van der Waals surface area contributed by atoms with Gasteiger partial charge in [-0.1, -0.05) is 6.07 Å². The number of nitrogens with one attached hydrogen (secondary N) is 1. The van der Waals surface area contributed by atoms with Gasteiger partial charge >= 0.3 is 0 Å². The van der Waals surface area contributed by atoms with Crippen LogP contribution >= 0.6 is 15.9 Å². The summed E-state index contributed by atoms with van der Waals surface area (Å²) in [5.41, 5.74) is 0.775. The molecular formula is C17H16BrFN2O3. The van der Waals surface area contributed by atoms with Gasteiger partial charge in [0.25, 0.3) is 0 Å². The number of carbonyl (C=O) groups is 1. The Labute approximate surface area is 147 Å². The van der Waals surface area contributed by atoms with E-state index in [-0.39, 0.29) is 11.7 Å². The van der Waals surface area contributed by atoms with E-state index < -0.39 is 5.82 Å². The molecule has 0 aliphatic rings. The second-order valence-electron chi connectivity index (χ2n) is 4.65. The monoisotopic (exact) mass is 394 g/mol. The number of aromatic nitrogens is 1. The molecule has 7 heteroatoms. The number of amides is 1. The number of pyridine rings is 1. The molecule has 2 rings (SSSR count). The highest BCUT2D eigenvalue weighted by Gasteiger charge is 2.07. The molecule has 126 valence electrons. The van der Waals surface area contributed by atoms with Gasteiger partial charge < -0.3 is 14.8 Å². The van der Waals surface area contributed by atoms with E-state index in [1.54, 1.807) is 25.3 Å². The van der Waals surface area contributed by atoms with Crippen LogP contribution in [0.2, 0.25) is 0 Å². The molecule has 0 unspecified atom stereocenters. The number of carbonyl (C=O) groups excluding carboxylic acids is 1. The number of anilines is 1. The fraction of sp³-hybridized carbons (Fsp3) is 0.176. The van der Waals surface area contributed by atoms with E-state index in [1.165, 1.54) is 12.1 Å². The molecule has 0 saturated heterocycles. The van der Waals surface area contributed by atoms with Crippen molar-refractivity contribution in [1.29, 1.82) is 0 Å². The molecule has 1 amide bonds. The molecule has 1 aromatic carbocycles. The van der Waals surface area contributed by atoms with E-state index in [9.17, 15) is 9.18 Å². The lowest BCUT2D eigenvalue weighted by Gasteiger charge is -2.09. The average molecular weight is 395 g/mol. The average Bonchev–Trinajstić information content (AvgIpc) is 2.56. The number of benzene rings is 1. The molecule has 5 nitrogen and oxygen atoms in total. The van der Waals surface area contributed by atoms with Crippen molar-refractivity contribution in [2.75, 3.05) is 19.0 Å². The van der Waals surface area contributed by atoms with Gasteiger partial charge in [-0.2, -0.15) is 0 Å². The van der Waals surface area contributed by atoms with Crippen molar-refractivity contribution in [3.8, 4) is 11.5 Å². The van der Waals surface area contributed by atoms with Crippen LogP contribution in [0.4, 0.5) is 10.2 Å². The zero-order chi connectivity index (χ0) is 17.5. The molecule has 0 atom stereocenters. The van der Waals surface area contributed by atoms with Gasteiger partial charge in [0, 0.05) is 6.08 Å². The van der Waals surface area contributed by atoms with Crippen molar-refractivity contribution in [3.63, 3.8) is 0 Å². The summed E-state index contributed by atoms with van der Waals surface area (Å²) in [5.74, 6) is 0.596. The SMILES string of the molecule is CCOc1ccc(/C=C/C(=O)Nc2ncc(F)cc2Br)cc1OC. The van der Waals surface area contributed by atoms with Crippen LogP contribution in [-0.2, 0) is 4.79 Å². The first-order valence-electron chi connectivity index (χ1n) is 7.14. The number of nitrogens with zero attached hydrogens (tertiary/aromatic N) is 1. The Morgan fingerprint density at radius 3 is 2.83 bits per heavy atom. The van der Waals surface area contributed by atoms with Crippen LogP contribution in [0.1, 0.15) is 12.5 Å². The Morgan fingerprint density at radius 1 is 1.38 bits per heavy atom. The summed E-state index contributed by atoms with van der Waals surface area (Å²) in [7, 11) is 1.55. The van der Waals surface area contributed by atoms with E-state index in [0.717, 1.165) is 11.8 Å². The summed E-state index contributed by atoms with van der Waals surface area (Å²) >= 11 is 3.14. The van der Waals surface area contributed by atoms with Crippen molar-refractivity contribution in [2.45, 2.75) is 6.92 Å². The Hall–Kier alpha value is -2.41. The number of methoxy groups -OCH3 is 1. The summed E-state index contributed by atoms with van der Waals surface area (Å²) in [5, 5.41) is 2.56. The Kier molecular flexibility index (Phi) is 6.31. The predicted molar refractivity (Wildman–Crippen MR) is 93.7 cm³/mol. The molecule has 0 fully saturated rings. The summed E-state index contributed by atoms with van der Waals surface area (Å²) in [6.07, 6.45) is 4.01. The van der Waals surface area contributed by atoms with Gasteiger partial charge in [0.1, 0.15) is 11.6 Å². The minimum atomic E-state index is -0.489. The molecule has 0 aliphatic heterocycles. The van der Waals surface area contributed by atoms with Crippen molar-refractivity contribution in [2.24, 2.45) is 0 Å². The van der Waals surface area contributed by atoms with Crippen molar-refractivity contribution >= 4 is 33.7 Å². The highest BCUT2D eigenvalue weighted by Crippen LogP contribution is 2.28. The first-order valence-corrected chi connectivity index (χ1v) is 7.93. The van der Waals surface area contributed by atoms with Gasteiger partial charge in [0.05, 0.1) is 24.4 Å². The molecule has 0 spiro atoms. The van der Waals surface area contributed by atoms with Crippen LogP contribution < -0.4 is 14.8 Å². The Morgan fingerprint density at radius 2 is 2.17 bits per heavy atom. The molecule has 0 radical (unpaired) electrons. The third-order valence-corrected chi connectivity index (χ3v) is 3.57. The summed E-state index contributed by atoms with van der Waals surface area (Å²) in [6, 6.07) is 6.58. The molecule has 0 bridgehead atoms. The van der Waals surface area contributed by atoms with Gasteiger partial charge in [-0.05, 0) is 52.7 Å². The number of hydrogen-bond acceptors (Lipinski definition) is 4. The highest BCUT2D eigenvalue weighted by molar-refractivity contribution is 9.10. The lowest BCUT2D eigenvalue weighted by atomic mass is 10.2. The first-order chi connectivity index (χ1) is 11.5. The third kappa shape index (κ3) is 4.79. The number of halogens is 2. The van der Waals surface area contributed by atoms with Crippen LogP contribution in [0.5, 0.6) is 11.5 Å². The zero-order valence-electron chi connectivity index (χ0n) is 13.2. The molecule has 0 aliphatic carbocycles. The topological polar surface area (TPSA) is 60.5 Å². The van der Waals surface area contributed by atoms with Gasteiger partial charge in [-0.15, -0.1) is 0 Å². The van der Waals surface area contributed by atoms with Crippen molar-refractivity contribution in [3.05, 3.63) is 52.4 Å². The second kappa shape index (κ2) is 8.44.